The molecule has 0 saturated heterocycles. The molecule has 40 heavy (non-hydrogen) atoms. The quantitative estimate of drug-likeness (QED) is 0.131. The number of nitrogens with zero attached hydrogens (tertiary/aromatic N) is 2. The fraction of sp³-hybridized carbons (Fsp3) is 0.219. The van der Waals surface area contributed by atoms with Crippen molar-refractivity contribution >= 4 is 24.0 Å². The summed E-state index contributed by atoms with van der Waals surface area (Å²) in [7, 11) is 0. The van der Waals surface area contributed by atoms with E-state index >= 15 is 0 Å². The van der Waals surface area contributed by atoms with Crippen LogP contribution in [0.4, 0.5) is 5.69 Å². The zero-order chi connectivity index (χ0) is 28.5. The van der Waals surface area contributed by atoms with Crippen LogP contribution in [0.1, 0.15) is 68.9 Å². The van der Waals surface area contributed by atoms with Crippen molar-refractivity contribution in [3.05, 3.63) is 113 Å². The van der Waals surface area contributed by atoms with E-state index in [0.717, 1.165) is 22.6 Å². The van der Waals surface area contributed by atoms with Crippen LogP contribution in [-0.4, -0.2) is 41.5 Å². The van der Waals surface area contributed by atoms with E-state index in [0.29, 0.717) is 48.3 Å². The lowest BCUT2D eigenvalue weighted by Crippen LogP contribution is -2.18. The Kier molecular flexibility index (Phi) is 9.01. The van der Waals surface area contributed by atoms with Crippen molar-refractivity contribution in [3.63, 3.8) is 0 Å². The average molecular weight is 538 g/mol. The van der Waals surface area contributed by atoms with Gasteiger partial charge in [-0.1, -0.05) is 38.1 Å². The number of nitrogens with one attached hydrogen (secondary N) is 1. The minimum absolute atomic E-state index is 0.181. The maximum Gasteiger partial charge on any atom is 0.196 e. The van der Waals surface area contributed by atoms with E-state index in [1.807, 2.05) is 36.4 Å². The number of hydrogen-bond acceptors (Lipinski definition) is 8. The van der Waals surface area contributed by atoms with Gasteiger partial charge < -0.3 is 14.8 Å². The Hall–Kier alpha value is -4.85. The molecule has 204 valence electrons. The highest BCUT2D eigenvalue weighted by atomic mass is 16.5. The number of Topliss-reactive ketones (excluding diaryl/α,β-unsaturated/α-hetero) is 1. The molecule has 0 atom stereocenters. The van der Waals surface area contributed by atoms with E-state index < -0.39 is 0 Å². The number of ether oxygens (including phenoxy) is 2. The van der Waals surface area contributed by atoms with Gasteiger partial charge in [0.25, 0.3) is 0 Å². The fourth-order valence-electron chi connectivity index (χ4n) is 4.16. The zero-order valence-corrected chi connectivity index (χ0v) is 22.7. The summed E-state index contributed by atoms with van der Waals surface area (Å²) in [4.78, 5) is 41.8. The molecule has 0 spiro atoms. The molecule has 0 aliphatic carbocycles. The highest BCUT2D eigenvalue weighted by Crippen LogP contribution is 2.33. The molecule has 0 aliphatic heterocycles. The van der Waals surface area contributed by atoms with E-state index in [9.17, 15) is 14.4 Å². The Morgan fingerprint density at radius 2 is 1.48 bits per heavy atom. The maximum absolute atomic E-state index is 11.5. The molecular weight excluding hydrogens is 506 g/mol. The van der Waals surface area contributed by atoms with Crippen molar-refractivity contribution in [2.75, 3.05) is 18.5 Å². The smallest absolute Gasteiger partial charge is 0.196 e. The third-order valence-electron chi connectivity index (χ3n) is 6.61. The lowest BCUT2D eigenvalue weighted by atomic mass is 9.78. The van der Waals surface area contributed by atoms with Crippen LogP contribution in [0.5, 0.6) is 11.5 Å². The summed E-state index contributed by atoms with van der Waals surface area (Å²) >= 11 is 0. The van der Waals surface area contributed by atoms with Crippen molar-refractivity contribution in [1.82, 2.24) is 9.97 Å². The normalized spacial score (nSPS) is 11.0. The summed E-state index contributed by atoms with van der Waals surface area (Å²) in [5.74, 6) is 1.47. The molecule has 0 fully saturated rings. The van der Waals surface area contributed by atoms with Gasteiger partial charge in [-0.05, 0) is 59.7 Å². The second-order valence-electron chi connectivity index (χ2n) is 9.74. The predicted molar refractivity (Wildman–Crippen MR) is 153 cm³/mol. The van der Waals surface area contributed by atoms with Crippen LogP contribution in [0.25, 0.3) is 0 Å². The standard InChI is InChI=1S/C32H31N3O5/c1-22(38)31-34-15-14-28(35-31)21-40-30-12-7-26(8-13-30)32(2,3)25-5-10-29(11-6-25)39-17-16-33-27-9-4-23(19-36)24(18-27)20-37/h4-15,18-20,33H,16-17,21H2,1-3H3. The Balaban J connectivity index is 1.30. The molecule has 0 radical (unpaired) electrons. The first-order valence-corrected chi connectivity index (χ1v) is 12.9. The first kappa shape index (κ1) is 28.2. The molecule has 0 amide bonds. The van der Waals surface area contributed by atoms with Gasteiger partial charge in [-0.25, -0.2) is 9.97 Å². The van der Waals surface area contributed by atoms with Gasteiger partial charge in [0, 0.05) is 41.9 Å². The van der Waals surface area contributed by atoms with Crippen molar-refractivity contribution in [2.45, 2.75) is 32.8 Å². The van der Waals surface area contributed by atoms with Crippen molar-refractivity contribution in [3.8, 4) is 11.5 Å². The molecule has 1 heterocycles. The minimum atomic E-state index is -0.244. The molecule has 0 bridgehead atoms. The second kappa shape index (κ2) is 12.8. The van der Waals surface area contributed by atoms with Crippen LogP contribution in [0, 0.1) is 0 Å². The van der Waals surface area contributed by atoms with Crippen molar-refractivity contribution in [1.29, 1.82) is 0 Å². The lowest BCUT2D eigenvalue weighted by molar-refractivity contribution is 0.100. The third kappa shape index (κ3) is 6.96. The van der Waals surface area contributed by atoms with E-state index in [2.05, 4.69) is 41.3 Å². The van der Waals surface area contributed by atoms with E-state index in [1.165, 1.54) is 6.92 Å². The summed E-state index contributed by atoms with van der Waals surface area (Å²) in [5, 5.41) is 3.20. The third-order valence-corrected chi connectivity index (χ3v) is 6.61. The first-order valence-electron chi connectivity index (χ1n) is 12.9. The van der Waals surface area contributed by atoms with E-state index in [4.69, 9.17) is 9.47 Å². The van der Waals surface area contributed by atoms with Crippen LogP contribution in [0.15, 0.2) is 79.0 Å². The van der Waals surface area contributed by atoms with Crippen LogP contribution in [-0.2, 0) is 12.0 Å². The molecule has 8 nitrogen and oxygen atoms in total. The topological polar surface area (TPSA) is 107 Å². The summed E-state index contributed by atoms with van der Waals surface area (Å²) in [6, 6.07) is 22.7. The Bertz CT molecular complexity index is 1480. The van der Waals surface area contributed by atoms with Crippen LogP contribution in [0.3, 0.4) is 0 Å². The molecule has 0 unspecified atom stereocenters. The molecule has 1 N–H and O–H groups in total. The van der Waals surface area contributed by atoms with Gasteiger partial charge in [0.15, 0.2) is 24.2 Å². The van der Waals surface area contributed by atoms with Crippen LogP contribution >= 0.6 is 0 Å². The number of carbonyl (C=O) groups excluding carboxylic acids is 3. The maximum atomic E-state index is 11.5. The summed E-state index contributed by atoms with van der Waals surface area (Å²) in [6.45, 7) is 6.98. The van der Waals surface area contributed by atoms with Crippen molar-refractivity contribution < 1.29 is 23.9 Å². The summed E-state index contributed by atoms with van der Waals surface area (Å²) in [5.41, 5.74) is 4.14. The van der Waals surface area contributed by atoms with Gasteiger partial charge in [0.2, 0.25) is 0 Å². The predicted octanol–water partition coefficient (Wildman–Crippen LogP) is 5.70. The van der Waals surface area contributed by atoms with Gasteiger partial charge in [-0.15, -0.1) is 0 Å². The number of ketones is 1. The molecule has 0 aliphatic rings. The number of anilines is 1. The number of aldehydes is 2. The zero-order valence-electron chi connectivity index (χ0n) is 22.7. The van der Waals surface area contributed by atoms with Crippen LogP contribution in [0.2, 0.25) is 0 Å². The number of carbonyl (C=O) groups is 3. The largest absolute Gasteiger partial charge is 0.492 e. The van der Waals surface area contributed by atoms with Gasteiger partial charge in [-0.2, -0.15) is 0 Å². The molecule has 3 aromatic carbocycles. The molecule has 1 aromatic heterocycles. The van der Waals surface area contributed by atoms with E-state index in [-0.39, 0.29) is 23.6 Å². The Morgan fingerprint density at radius 3 is 2.08 bits per heavy atom. The molecule has 4 rings (SSSR count). The number of hydrogen-bond donors (Lipinski definition) is 1. The highest BCUT2D eigenvalue weighted by Gasteiger charge is 2.23. The van der Waals surface area contributed by atoms with Gasteiger partial charge >= 0.3 is 0 Å². The first-order chi connectivity index (χ1) is 19.3. The van der Waals surface area contributed by atoms with Gasteiger partial charge in [0.1, 0.15) is 24.7 Å². The minimum Gasteiger partial charge on any atom is -0.492 e. The SMILES string of the molecule is CC(=O)c1nccc(COc2ccc(C(C)(C)c3ccc(OCCNc4ccc(C=O)c(C=O)c4)cc3)cc2)n1. The number of benzene rings is 3. The number of aromatic nitrogens is 2. The Labute approximate surface area is 233 Å². The summed E-state index contributed by atoms with van der Waals surface area (Å²) < 4.78 is 11.7. The molecular formula is C32H31N3O5. The molecule has 8 heteroatoms. The Morgan fingerprint density at radius 1 is 0.850 bits per heavy atom. The van der Waals surface area contributed by atoms with Crippen LogP contribution < -0.4 is 14.8 Å². The molecule has 4 aromatic rings. The van der Waals surface area contributed by atoms with Crippen molar-refractivity contribution in [2.24, 2.45) is 0 Å². The van der Waals surface area contributed by atoms with Gasteiger partial charge in [0.05, 0.1) is 5.69 Å². The highest BCUT2D eigenvalue weighted by molar-refractivity contribution is 5.91. The van der Waals surface area contributed by atoms with Gasteiger partial charge in [-0.3, -0.25) is 14.4 Å². The summed E-state index contributed by atoms with van der Waals surface area (Å²) in [6.07, 6.45) is 2.90. The fourth-order valence-corrected chi connectivity index (χ4v) is 4.16. The lowest BCUT2D eigenvalue weighted by Gasteiger charge is -2.26. The van der Waals surface area contributed by atoms with E-state index in [1.54, 1.807) is 30.5 Å². The molecule has 0 saturated carbocycles. The average Bonchev–Trinajstić information content (AvgIpc) is 2.98. The second-order valence-corrected chi connectivity index (χ2v) is 9.74. The number of rotatable bonds is 13. The monoisotopic (exact) mass is 537 g/mol.